The summed E-state index contributed by atoms with van der Waals surface area (Å²) in [4.78, 5) is 0. The lowest BCUT2D eigenvalue weighted by atomic mass is 9.65. The molecule has 1 heteroatoms. The Morgan fingerprint density at radius 1 is 1.00 bits per heavy atom. The molecular formula is C16H19Br. The van der Waals surface area contributed by atoms with Crippen molar-refractivity contribution in [3.63, 3.8) is 0 Å². The minimum Gasteiger partial charge on any atom is -0.0801 e. The molecule has 1 aliphatic rings. The van der Waals surface area contributed by atoms with E-state index in [1.54, 1.807) is 0 Å². The van der Waals surface area contributed by atoms with Gasteiger partial charge in [0.2, 0.25) is 0 Å². The fourth-order valence-corrected chi connectivity index (χ4v) is 3.12. The molecule has 0 saturated heterocycles. The first-order valence-corrected chi connectivity index (χ1v) is 6.87. The van der Waals surface area contributed by atoms with Crippen molar-refractivity contribution in [2.24, 2.45) is 5.41 Å². The van der Waals surface area contributed by atoms with E-state index in [2.05, 4.69) is 91.3 Å². The highest BCUT2D eigenvalue weighted by Crippen LogP contribution is 2.51. The summed E-state index contributed by atoms with van der Waals surface area (Å²) < 4.78 is 0.00398. The van der Waals surface area contributed by atoms with E-state index in [-0.39, 0.29) is 9.74 Å². The van der Waals surface area contributed by atoms with Gasteiger partial charge >= 0.3 is 0 Å². The van der Waals surface area contributed by atoms with Crippen molar-refractivity contribution >= 4 is 15.9 Å². The topological polar surface area (TPSA) is 0 Å². The van der Waals surface area contributed by atoms with Crippen LogP contribution in [0.1, 0.15) is 32.3 Å². The van der Waals surface area contributed by atoms with Crippen LogP contribution in [0, 0.1) is 5.41 Å². The van der Waals surface area contributed by atoms with Crippen LogP contribution in [0.4, 0.5) is 0 Å². The lowest BCUT2D eigenvalue weighted by molar-refractivity contribution is 0.304. The lowest BCUT2D eigenvalue weighted by Crippen LogP contribution is -2.40. The number of halogens is 1. The number of rotatable bonds is 2. The Bertz CT molecular complexity index is 442. The highest BCUT2D eigenvalue weighted by Gasteiger charge is 2.44. The molecule has 90 valence electrons. The van der Waals surface area contributed by atoms with Crippen molar-refractivity contribution in [1.29, 1.82) is 0 Å². The summed E-state index contributed by atoms with van der Waals surface area (Å²) in [7, 11) is 0. The van der Waals surface area contributed by atoms with Gasteiger partial charge in [0, 0.05) is 5.41 Å². The van der Waals surface area contributed by atoms with Gasteiger partial charge in [0.05, 0.1) is 4.32 Å². The molecule has 0 bridgehead atoms. The van der Waals surface area contributed by atoms with E-state index < -0.39 is 0 Å². The molecule has 0 fully saturated rings. The Morgan fingerprint density at radius 2 is 1.59 bits per heavy atom. The molecule has 17 heavy (non-hydrogen) atoms. The third-order valence-electron chi connectivity index (χ3n) is 4.22. The van der Waals surface area contributed by atoms with E-state index >= 15 is 0 Å². The van der Waals surface area contributed by atoms with Gasteiger partial charge in [-0.1, -0.05) is 84.4 Å². The molecule has 0 aromatic heterocycles. The highest BCUT2D eigenvalue weighted by atomic mass is 79.9. The normalized spacial score (nSPS) is 33.6. The lowest BCUT2D eigenvalue weighted by Gasteiger charge is -2.45. The van der Waals surface area contributed by atoms with Gasteiger partial charge in [-0.05, 0) is 18.4 Å². The van der Waals surface area contributed by atoms with Crippen LogP contribution in [0.15, 0.2) is 54.6 Å². The van der Waals surface area contributed by atoms with Crippen molar-refractivity contribution in [2.75, 3.05) is 0 Å². The molecule has 0 spiro atoms. The number of hydrogen-bond acceptors (Lipinski definition) is 0. The zero-order valence-electron chi connectivity index (χ0n) is 10.7. The number of benzene rings is 1. The molecule has 0 aliphatic heterocycles. The fraction of sp³-hybridized carbons (Fsp3) is 0.375. The third-order valence-corrected chi connectivity index (χ3v) is 5.33. The molecule has 1 aromatic rings. The Labute approximate surface area is 113 Å². The molecule has 0 heterocycles. The molecular weight excluding hydrogens is 272 g/mol. The number of alkyl halides is 1. The summed E-state index contributed by atoms with van der Waals surface area (Å²) in [6, 6.07) is 10.7. The first-order chi connectivity index (χ1) is 7.97. The van der Waals surface area contributed by atoms with Crippen LogP contribution in [0.2, 0.25) is 0 Å². The quantitative estimate of drug-likeness (QED) is 0.667. The van der Waals surface area contributed by atoms with Gasteiger partial charge in [0.1, 0.15) is 0 Å². The van der Waals surface area contributed by atoms with Crippen molar-refractivity contribution in [3.8, 4) is 0 Å². The van der Waals surface area contributed by atoms with Gasteiger partial charge < -0.3 is 0 Å². The molecule has 0 nitrogen and oxygen atoms in total. The third kappa shape index (κ3) is 2.13. The minimum atomic E-state index is 0.00398. The Balaban J connectivity index is 2.39. The van der Waals surface area contributed by atoms with Gasteiger partial charge in [0.25, 0.3) is 0 Å². The summed E-state index contributed by atoms with van der Waals surface area (Å²) in [6.45, 7) is 6.87. The van der Waals surface area contributed by atoms with Crippen LogP contribution in [-0.4, -0.2) is 4.32 Å². The van der Waals surface area contributed by atoms with E-state index in [0.717, 1.165) is 0 Å². The van der Waals surface area contributed by atoms with E-state index in [4.69, 9.17) is 0 Å². The number of allylic oxidation sites excluding steroid dienone is 4. The largest absolute Gasteiger partial charge is 0.0801 e. The first kappa shape index (κ1) is 12.6. The van der Waals surface area contributed by atoms with Crippen LogP contribution in [0.5, 0.6) is 0 Å². The standard InChI is InChI=1S/C16H19Br/c1-13(14-9-5-4-6-10-14)15(2)11-7-8-12-16(15,3)17/h4-13H,1-3H3. The Hall–Kier alpha value is -0.820. The van der Waals surface area contributed by atoms with Gasteiger partial charge in [0.15, 0.2) is 0 Å². The molecule has 3 unspecified atom stereocenters. The maximum atomic E-state index is 3.87. The SMILES string of the molecule is CC(c1ccccc1)C1(C)C=CC=CC1(C)Br. The summed E-state index contributed by atoms with van der Waals surface area (Å²) in [5.41, 5.74) is 1.48. The summed E-state index contributed by atoms with van der Waals surface area (Å²) in [6.07, 6.45) is 8.84. The average molecular weight is 291 g/mol. The van der Waals surface area contributed by atoms with Crippen LogP contribution in [0.25, 0.3) is 0 Å². The van der Waals surface area contributed by atoms with Crippen molar-refractivity contribution in [2.45, 2.75) is 31.0 Å². The van der Waals surface area contributed by atoms with Crippen molar-refractivity contribution < 1.29 is 0 Å². The van der Waals surface area contributed by atoms with E-state index in [1.807, 2.05) is 0 Å². The summed E-state index contributed by atoms with van der Waals surface area (Å²) in [5.74, 6) is 0.467. The van der Waals surface area contributed by atoms with Crippen LogP contribution >= 0.6 is 15.9 Å². The van der Waals surface area contributed by atoms with E-state index in [9.17, 15) is 0 Å². The summed E-state index contributed by atoms with van der Waals surface area (Å²) >= 11 is 3.87. The Kier molecular flexibility index (Phi) is 3.31. The maximum absolute atomic E-state index is 3.87. The van der Waals surface area contributed by atoms with Gasteiger partial charge in [-0.2, -0.15) is 0 Å². The molecule has 3 atom stereocenters. The monoisotopic (exact) mass is 290 g/mol. The molecule has 1 aliphatic carbocycles. The molecule has 0 amide bonds. The fourth-order valence-electron chi connectivity index (χ4n) is 2.49. The molecule has 1 aromatic carbocycles. The highest BCUT2D eigenvalue weighted by molar-refractivity contribution is 9.10. The maximum Gasteiger partial charge on any atom is 0.0505 e. The smallest absolute Gasteiger partial charge is 0.0505 e. The first-order valence-electron chi connectivity index (χ1n) is 6.08. The van der Waals surface area contributed by atoms with Crippen LogP contribution < -0.4 is 0 Å². The zero-order chi connectivity index (χ0) is 12.5. The van der Waals surface area contributed by atoms with Crippen LogP contribution in [0.3, 0.4) is 0 Å². The number of hydrogen-bond donors (Lipinski definition) is 0. The second-order valence-corrected chi connectivity index (χ2v) is 6.86. The molecule has 2 rings (SSSR count). The average Bonchev–Trinajstić information content (AvgIpc) is 2.33. The van der Waals surface area contributed by atoms with Crippen molar-refractivity contribution in [3.05, 3.63) is 60.2 Å². The predicted molar refractivity (Wildman–Crippen MR) is 78.6 cm³/mol. The van der Waals surface area contributed by atoms with Crippen LogP contribution in [-0.2, 0) is 0 Å². The van der Waals surface area contributed by atoms with Gasteiger partial charge in [-0.3, -0.25) is 0 Å². The summed E-state index contributed by atoms with van der Waals surface area (Å²) in [5, 5.41) is 0. The van der Waals surface area contributed by atoms with E-state index in [1.165, 1.54) is 5.56 Å². The zero-order valence-corrected chi connectivity index (χ0v) is 12.2. The van der Waals surface area contributed by atoms with Gasteiger partial charge in [-0.25, -0.2) is 0 Å². The van der Waals surface area contributed by atoms with Gasteiger partial charge in [-0.15, -0.1) is 0 Å². The second kappa shape index (κ2) is 4.45. The minimum absolute atomic E-state index is 0.00398. The molecule has 0 radical (unpaired) electrons. The second-order valence-electron chi connectivity index (χ2n) is 5.21. The van der Waals surface area contributed by atoms with E-state index in [0.29, 0.717) is 5.92 Å². The molecule has 0 N–H and O–H groups in total. The predicted octanol–water partition coefficient (Wildman–Crippen LogP) is 5.08. The Morgan fingerprint density at radius 3 is 2.18 bits per heavy atom. The molecule has 0 saturated carbocycles. The van der Waals surface area contributed by atoms with Crippen molar-refractivity contribution in [1.82, 2.24) is 0 Å².